The van der Waals surface area contributed by atoms with E-state index in [1.165, 1.54) is 22.3 Å². The monoisotopic (exact) mass is 588 g/mol. The molecule has 1 N–H and O–H groups in total. The zero-order valence-corrected chi connectivity index (χ0v) is 24.7. The van der Waals surface area contributed by atoms with Crippen molar-refractivity contribution in [3.8, 4) is 11.1 Å². The van der Waals surface area contributed by atoms with Gasteiger partial charge in [0.15, 0.2) is 0 Å². The molecule has 0 bridgehead atoms. The third-order valence-electron chi connectivity index (χ3n) is 8.40. The van der Waals surface area contributed by atoms with E-state index in [9.17, 15) is 14.9 Å². The standard InChI is InChI=1S/C36H36N4O4/c41-36(44-25-32-30-17-10-8-15-28(30)29-16-9-11-18-31(29)32)37-22-12-3-1-2-7-19-35-38-33-23-27(40(42)43)20-21-34(33)39(35)24-26-13-5-4-6-14-26/h4-6,8-11,13-18,20-21,23,32H,1-3,7,12,19,22,24-25H2,(H,37,41). The number of benzene rings is 4. The number of nitrogens with one attached hydrogen (secondary N) is 1. The summed E-state index contributed by atoms with van der Waals surface area (Å²) in [5.41, 5.74) is 7.63. The van der Waals surface area contributed by atoms with Gasteiger partial charge in [-0.05, 0) is 46.7 Å². The van der Waals surface area contributed by atoms with Crippen molar-refractivity contribution in [2.75, 3.05) is 13.2 Å². The SMILES string of the molecule is O=C(NCCCCCCCc1nc2cc([N+](=O)[O-])ccc2n1Cc1ccccc1)OCC1c2ccccc2-c2ccccc21. The quantitative estimate of drug-likeness (QED) is 0.0853. The summed E-state index contributed by atoms with van der Waals surface area (Å²) in [6.45, 7) is 1.58. The Balaban J connectivity index is 0.937. The molecule has 6 rings (SSSR count). The van der Waals surface area contributed by atoms with E-state index in [1.54, 1.807) is 18.2 Å². The Hall–Kier alpha value is -4.98. The number of hydrogen-bond acceptors (Lipinski definition) is 5. The number of non-ortho nitro benzene ring substituents is 1. The van der Waals surface area contributed by atoms with Crippen molar-refractivity contribution < 1.29 is 14.5 Å². The number of amides is 1. The molecule has 0 saturated carbocycles. The first kappa shape index (κ1) is 29.1. The Morgan fingerprint density at radius 1 is 0.841 bits per heavy atom. The minimum atomic E-state index is -0.377. The minimum absolute atomic E-state index is 0.0557. The molecule has 44 heavy (non-hydrogen) atoms. The van der Waals surface area contributed by atoms with Crippen LogP contribution in [-0.4, -0.2) is 33.7 Å². The lowest BCUT2D eigenvalue weighted by atomic mass is 9.98. The van der Waals surface area contributed by atoms with Crippen molar-refractivity contribution in [1.29, 1.82) is 0 Å². The summed E-state index contributed by atoms with van der Waals surface area (Å²) in [5.74, 6) is 1.01. The maximum Gasteiger partial charge on any atom is 0.407 e. The Kier molecular flexibility index (Phi) is 8.96. The number of alkyl carbamates (subject to hydrolysis) is 1. The van der Waals surface area contributed by atoms with E-state index < -0.39 is 0 Å². The first-order chi connectivity index (χ1) is 21.6. The molecule has 0 saturated heterocycles. The molecule has 0 unspecified atom stereocenters. The van der Waals surface area contributed by atoms with E-state index in [0.717, 1.165) is 55.4 Å². The fraction of sp³-hybridized carbons (Fsp3) is 0.278. The van der Waals surface area contributed by atoms with Crippen molar-refractivity contribution in [2.45, 2.75) is 51.0 Å². The van der Waals surface area contributed by atoms with Crippen LogP contribution in [0.1, 0.15) is 60.5 Å². The fourth-order valence-corrected chi connectivity index (χ4v) is 6.19. The van der Waals surface area contributed by atoms with E-state index in [2.05, 4.69) is 46.3 Å². The van der Waals surface area contributed by atoms with E-state index in [0.29, 0.717) is 25.2 Å². The molecule has 4 aromatic carbocycles. The van der Waals surface area contributed by atoms with Gasteiger partial charge >= 0.3 is 6.09 Å². The van der Waals surface area contributed by atoms with Gasteiger partial charge in [-0.1, -0.05) is 98.1 Å². The number of hydrogen-bond donors (Lipinski definition) is 1. The molecular weight excluding hydrogens is 552 g/mol. The molecule has 0 atom stereocenters. The molecule has 0 spiro atoms. The zero-order chi connectivity index (χ0) is 30.3. The summed E-state index contributed by atoms with van der Waals surface area (Å²) >= 11 is 0. The minimum Gasteiger partial charge on any atom is -0.449 e. The highest BCUT2D eigenvalue weighted by molar-refractivity contribution is 5.80. The van der Waals surface area contributed by atoms with Crippen LogP contribution in [-0.2, 0) is 17.7 Å². The van der Waals surface area contributed by atoms with Gasteiger partial charge in [0.05, 0.1) is 16.0 Å². The second kappa shape index (κ2) is 13.5. The van der Waals surface area contributed by atoms with E-state index in [4.69, 9.17) is 9.72 Å². The average molecular weight is 589 g/mol. The molecule has 1 aliphatic carbocycles. The van der Waals surface area contributed by atoms with Crippen molar-refractivity contribution in [1.82, 2.24) is 14.9 Å². The highest BCUT2D eigenvalue weighted by atomic mass is 16.6. The second-order valence-electron chi connectivity index (χ2n) is 11.3. The number of carbonyl (C=O) groups excluding carboxylic acids is 1. The number of fused-ring (bicyclic) bond motifs is 4. The van der Waals surface area contributed by atoms with Crippen molar-refractivity contribution >= 4 is 22.8 Å². The molecular formula is C36H36N4O4. The van der Waals surface area contributed by atoms with Crippen LogP contribution in [0.3, 0.4) is 0 Å². The summed E-state index contributed by atoms with van der Waals surface area (Å²) in [5, 5.41) is 14.2. The van der Waals surface area contributed by atoms with Crippen LogP contribution in [0, 0.1) is 10.1 Å². The molecule has 0 fully saturated rings. The van der Waals surface area contributed by atoms with Crippen LogP contribution in [0.15, 0.2) is 97.1 Å². The number of imidazole rings is 1. The zero-order valence-electron chi connectivity index (χ0n) is 24.7. The van der Waals surface area contributed by atoms with Crippen molar-refractivity contribution in [2.24, 2.45) is 0 Å². The number of nitro groups is 1. The largest absolute Gasteiger partial charge is 0.449 e. The number of aromatic nitrogens is 2. The van der Waals surface area contributed by atoms with Gasteiger partial charge in [0.2, 0.25) is 0 Å². The number of aryl methyl sites for hydroxylation is 1. The van der Waals surface area contributed by atoms with Gasteiger partial charge in [0, 0.05) is 37.6 Å². The Morgan fingerprint density at radius 2 is 1.50 bits per heavy atom. The van der Waals surface area contributed by atoms with Gasteiger partial charge in [0.1, 0.15) is 12.4 Å². The van der Waals surface area contributed by atoms with E-state index in [-0.39, 0.29) is 22.6 Å². The van der Waals surface area contributed by atoms with Gasteiger partial charge in [-0.3, -0.25) is 10.1 Å². The average Bonchev–Trinajstić information content (AvgIpc) is 3.56. The molecule has 0 radical (unpaired) electrons. The van der Waals surface area contributed by atoms with Gasteiger partial charge in [-0.15, -0.1) is 0 Å². The first-order valence-electron chi connectivity index (χ1n) is 15.3. The third kappa shape index (κ3) is 6.49. The predicted octanol–water partition coefficient (Wildman–Crippen LogP) is 8.02. The molecule has 1 heterocycles. The van der Waals surface area contributed by atoms with Crippen LogP contribution >= 0.6 is 0 Å². The number of rotatable bonds is 13. The lowest BCUT2D eigenvalue weighted by molar-refractivity contribution is -0.384. The predicted molar refractivity (Wildman–Crippen MR) is 172 cm³/mol. The number of ether oxygens (including phenoxy) is 1. The molecule has 224 valence electrons. The van der Waals surface area contributed by atoms with Crippen LogP contribution in [0.4, 0.5) is 10.5 Å². The first-order valence-corrected chi connectivity index (χ1v) is 15.3. The third-order valence-corrected chi connectivity index (χ3v) is 8.40. The summed E-state index contributed by atoms with van der Waals surface area (Å²) in [4.78, 5) is 28.1. The Bertz CT molecular complexity index is 1720. The highest BCUT2D eigenvalue weighted by Gasteiger charge is 2.29. The topological polar surface area (TPSA) is 99.3 Å². The maximum atomic E-state index is 12.4. The highest BCUT2D eigenvalue weighted by Crippen LogP contribution is 2.44. The van der Waals surface area contributed by atoms with E-state index >= 15 is 0 Å². The number of nitro benzene ring substituents is 1. The number of nitrogens with zero attached hydrogens (tertiary/aromatic N) is 3. The van der Waals surface area contributed by atoms with Crippen LogP contribution in [0.2, 0.25) is 0 Å². The Morgan fingerprint density at radius 3 is 2.23 bits per heavy atom. The normalized spacial score (nSPS) is 12.2. The smallest absolute Gasteiger partial charge is 0.407 e. The van der Waals surface area contributed by atoms with Crippen molar-refractivity contribution in [3.63, 3.8) is 0 Å². The van der Waals surface area contributed by atoms with Crippen molar-refractivity contribution in [3.05, 3.63) is 130 Å². The molecule has 1 aliphatic rings. The second-order valence-corrected chi connectivity index (χ2v) is 11.3. The van der Waals surface area contributed by atoms with Crippen LogP contribution < -0.4 is 5.32 Å². The lowest BCUT2D eigenvalue weighted by Crippen LogP contribution is -2.27. The molecule has 5 aromatic rings. The summed E-state index contributed by atoms with van der Waals surface area (Å²) in [6, 6.07) is 31.7. The molecule has 1 aromatic heterocycles. The summed E-state index contributed by atoms with van der Waals surface area (Å²) in [6.07, 6.45) is 5.39. The lowest BCUT2D eigenvalue weighted by Gasteiger charge is -2.14. The Labute approximate surface area is 256 Å². The van der Waals surface area contributed by atoms with Crippen LogP contribution in [0.5, 0.6) is 0 Å². The van der Waals surface area contributed by atoms with Gasteiger partial charge in [0.25, 0.3) is 5.69 Å². The molecule has 1 amide bonds. The molecule has 0 aliphatic heterocycles. The van der Waals surface area contributed by atoms with Gasteiger partial charge < -0.3 is 14.6 Å². The fourth-order valence-electron chi connectivity index (χ4n) is 6.19. The molecule has 8 heteroatoms. The summed E-state index contributed by atoms with van der Waals surface area (Å²) in [7, 11) is 0. The van der Waals surface area contributed by atoms with E-state index in [1.807, 2.05) is 42.5 Å². The van der Waals surface area contributed by atoms with Crippen LogP contribution in [0.25, 0.3) is 22.2 Å². The molecule has 8 nitrogen and oxygen atoms in total. The number of carbonyl (C=O) groups is 1. The summed E-state index contributed by atoms with van der Waals surface area (Å²) < 4.78 is 7.81. The number of unbranched alkanes of at least 4 members (excludes halogenated alkanes) is 4. The van der Waals surface area contributed by atoms with Gasteiger partial charge in [-0.25, -0.2) is 9.78 Å². The maximum absolute atomic E-state index is 12.4. The van der Waals surface area contributed by atoms with Gasteiger partial charge in [-0.2, -0.15) is 0 Å².